The van der Waals surface area contributed by atoms with Gasteiger partial charge < -0.3 is 4.57 Å². The third kappa shape index (κ3) is 1.30. The van der Waals surface area contributed by atoms with Gasteiger partial charge in [-0.25, -0.2) is 8.78 Å². The van der Waals surface area contributed by atoms with Crippen LogP contribution in [0, 0.1) is 5.82 Å². The molecule has 68 valence electrons. The molecule has 0 aliphatic rings. The summed E-state index contributed by atoms with van der Waals surface area (Å²) in [6, 6.07) is 6.63. The van der Waals surface area contributed by atoms with E-state index < -0.39 is 6.67 Å². The molecule has 0 spiro atoms. The van der Waals surface area contributed by atoms with Gasteiger partial charge in [-0.3, -0.25) is 0 Å². The Morgan fingerprint density at radius 3 is 2.85 bits per heavy atom. The van der Waals surface area contributed by atoms with Crippen LogP contribution in [-0.2, 0) is 6.54 Å². The van der Waals surface area contributed by atoms with E-state index in [2.05, 4.69) is 0 Å². The highest BCUT2D eigenvalue weighted by Crippen LogP contribution is 2.18. The summed E-state index contributed by atoms with van der Waals surface area (Å²) >= 11 is 0. The lowest BCUT2D eigenvalue weighted by Crippen LogP contribution is -1.98. The summed E-state index contributed by atoms with van der Waals surface area (Å²) in [5.74, 6) is -0.295. The summed E-state index contributed by atoms with van der Waals surface area (Å²) in [4.78, 5) is 0. The minimum absolute atomic E-state index is 0.213. The average Bonchev–Trinajstić information content (AvgIpc) is 2.51. The van der Waals surface area contributed by atoms with E-state index in [9.17, 15) is 8.78 Å². The van der Waals surface area contributed by atoms with Crippen molar-refractivity contribution in [2.75, 3.05) is 6.67 Å². The number of aryl methyl sites for hydroxylation is 1. The third-order valence-electron chi connectivity index (χ3n) is 2.06. The quantitative estimate of drug-likeness (QED) is 0.671. The van der Waals surface area contributed by atoms with Crippen LogP contribution < -0.4 is 0 Å². The molecule has 0 fully saturated rings. The monoisotopic (exact) mass is 181 g/mol. The van der Waals surface area contributed by atoms with Gasteiger partial charge in [0.2, 0.25) is 0 Å². The molecule has 0 aliphatic carbocycles. The van der Waals surface area contributed by atoms with E-state index in [-0.39, 0.29) is 12.4 Å². The molecule has 2 rings (SSSR count). The Bertz CT molecular complexity index is 420. The number of hydrogen-bond donors (Lipinski definition) is 0. The number of hydrogen-bond acceptors (Lipinski definition) is 0. The number of aromatic nitrogens is 1. The Morgan fingerprint density at radius 2 is 2.08 bits per heavy atom. The van der Waals surface area contributed by atoms with Crippen LogP contribution in [0.3, 0.4) is 0 Å². The largest absolute Gasteiger partial charge is 0.342 e. The third-order valence-corrected chi connectivity index (χ3v) is 2.06. The Labute approximate surface area is 74.6 Å². The maximum atomic E-state index is 13.3. The average molecular weight is 181 g/mol. The summed E-state index contributed by atoms with van der Waals surface area (Å²) in [5.41, 5.74) is 0.486. The predicted molar refractivity (Wildman–Crippen MR) is 47.9 cm³/mol. The number of fused-ring (bicyclic) bond motifs is 1. The SMILES string of the molecule is FCCn1ccc2cccc(F)c21. The Balaban J connectivity index is 2.64. The van der Waals surface area contributed by atoms with E-state index in [1.807, 2.05) is 6.07 Å². The first-order valence-electron chi connectivity index (χ1n) is 4.12. The number of benzene rings is 1. The van der Waals surface area contributed by atoms with Gasteiger partial charge in [-0.05, 0) is 12.1 Å². The fraction of sp³-hybridized carbons (Fsp3) is 0.200. The summed E-state index contributed by atoms with van der Waals surface area (Å²) in [7, 11) is 0. The molecule has 2 aromatic rings. The van der Waals surface area contributed by atoms with Crippen LogP contribution in [0.2, 0.25) is 0 Å². The highest BCUT2D eigenvalue weighted by molar-refractivity contribution is 5.80. The van der Waals surface area contributed by atoms with Crippen molar-refractivity contribution in [2.24, 2.45) is 0 Å². The highest BCUT2D eigenvalue weighted by Gasteiger charge is 2.04. The van der Waals surface area contributed by atoms with Crippen molar-refractivity contribution >= 4 is 10.9 Å². The topological polar surface area (TPSA) is 4.93 Å². The predicted octanol–water partition coefficient (Wildman–Crippen LogP) is 2.75. The zero-order chi connectivity index (χ0) is 9.26. The first-order valence-corrected chi connectivity index (χ1v) is 4.12. The number of para-hydroxylation sites is 1. The van der Waals surface area contributed by atoms with Gasteiger partial charge in [0.25, 0.3) is 0 Å². The number of halogens is 2. The minimum Gasteiger partial charge on any atom is -0.342 e. The molecule has 0 amide bonds. The molecule has 0 N–H and O–H groups in total. The van der Waals surface area contributed by atoms with Gasteiger partial charge in [0.05, 0.1) is 12.1 Å². The molecule has 13 heavy (non-hydrogen) atoms. The molecule has 0 atom stereocenters. The molecule has 0 saturated heterocycles. The smallest absolute Gasteiger partial charge is 0.147 e. The maximum absolute atomic E-state index is 13.3. The first-order chi connectivity index (χ1) is 6.33. The summed E-state index contributed by atoms with van der Waals surface area (Å²) in [5, 5.41) is 0.813. The van der Waals surface area contributed by atoms with E-state index in [1.54, 1.807) is 22.9 Å². The Hall–Kier alpha value is -1.38. The van der Waals surface area contributed by atoms with Gasteiger partial charge in [-0.1, -0.05) is 12.1 Å². The Kier molecular flexibility index (Phi) is 2.00. The zero-order valence-corrected chi connectivity index (χ0v) is 7.00. The van der Waals surface area contributed by atoms with Crippen molar-refractivity contribution in [1.29, 1.82) is 0 Å². The second-order valence-corrected chi connectivity index (χ2v) is 2.88. The van der Waals surface area contributed by atoms with Crippen LogP contribution in [0.15, 0.2) is 30.5 Å². The van der Waals surface area contributed by atoms with Crippen LogP contribution in [0.5, 0.6) is 0 Å². The van der Waals surface area contributed by atoms with Crippen molar-refractivity contribution in [2.45, 2.75) is 6.54 Å². The van der Waals surface area contributed by atoms with Crippen molar-refractivity contribution in [3.8, 4) is 0 Å². The van der Waals surface area contributed by atoms with Gasteiger partial charge in [-0.15, -0.1) is 0 Å². The van der Waals surface area contributed by atoms with Gasteiger partial charge in [0, 0.05) is 11.6 Å². The second kappa shape index (κ2) is 3.17. The highest BCUT2D eigenvalue weighted by atomic mass is 19.1. The van der Waals surface area contributed by atoms with Gasteiger partial charge in [0.15, 0.2) is 0 Å². The lowest BCUT2D eigenvalue weighted by Gasteiger charge is -2.01. The second-order valence-electron chi connectivity index (χ2n) is 2.88. The summed E-state index contributed by atoms with van der Waals surface area (Å²) in [6.45, 7) is -0.261. The summed E-state index contributed by atoms with van der Waals surface area (Å²) < 4.78 is 26.9. The van der Waals surface area contributed by atoms with E-state index in [1.165, 1.54) is 6.07 Å². The lowest BCUT2D eigenvalue weighted by atomic mass is 10.2. The number of rotatable bonds is 2. The minimum atomic E-state index is -0.474. The van der Waals surface area contributed by atoms with Gasteiger partial charge >= 0.3 is 0 Å². The molecule has 0 aliphatic heterocycles. The van der Waals surface area contributed by atoms with Crippen molar-refractivity contribution in [3.63, 3.8) is 0 Å². The molecule has 1 nitrogen and oxygen atoms in total. The molecule has 1 aromatic carbocycles. The number of nitrogens with zero attached hydrogens (tertiary/aromatic N) is 1. The van der Waals surface area contributed by atoms with Gasteiger partial charge in [0.1, 0.15) is 12.5 Å². The fourth-order valence-corrected chi connectivity index (χ4v) is 1.49. The summed E-state index contributed by atoms with van der Waals surface area (Å²) in [6.07, 6.45) is 1.70. The molecule has 1 aromatic heterocycles. The molecule has 0 radical (unpaired) electrons. The fourth-order valence-electron chi connectivity index (χ4n) is 1.49. The van der Waals surface area contributed by atoms with Gasteiger partial charge in [-0.2, -0.15) is 0 Å². The van der Waals surface area contributed by atoms with Crippen LogP contribution in [-0.4, -0.2) is 11.2 Å². The first kappa shape index (κ1) is 8.23. The molecule has 1 heterocycles. The van der Waals surface area contributed by atoms with E-state index >= 15 is 0 Å². The van der Waals surface area contributed by atoms with Crippen molar-refractivity contribution in [1.82, 2.24) is 4.57 Å². The van der Waals surface area contributed by atoms with Crippen LogP contribution >= 0.6 is 0 Å². The zero-order valence-electron chi connectivity index (χ0n) is 7.00. The normalized spacial score (nSPS) is 10.9. The van der Waals surface area contributed by atoms with E-state index in [0.717, 1.165) is 5.39 Å². The van der Waals surface area contributed by atoms with E-state index in [4.69, 9.17) is 0 Å². The van der Waals surface area contributed by atoms with E-state index in [0.29, 0.717) is 5.52 Å². The Morgan fingerprint density at radius 1 is 1.23 bits per heavy atom. The standard InChI is InChI=1S/C10H9F2N/c11-5-7-13-6-4-8-2-1-3-9(12)10(8)13/h1-4,6H,5,7H2. The van der Waals surface area contributed by atoms with Crippen LogP contribution in [0.4, 0.5) is 8.78 Å². The van der Waals surface area contributed by atoms with Crippen LogP contribution in [0.25, 0.3) is 10.9 Å². The lowest BCUT2D eigenvalue weighted by molar-refractivity contribution is 0.449. The van der Waals surface area contributed by atoms with Crippen molar-refractivity contribution < 1.29 is 8.78 Å². The molecule has 0 bridgehead atoms. The van der Waals surface area contributed by atoms with Crippen LogP contribution in [0.1, 0.15) is 0 Å². The molecule has 0 unspecified atom stereocenters. The maximum Gasteiger partial charge on any atom is 0.147 e. The molecular weight excluding hydrogens is 172 g/mol. The molecule has 0 saturated carbocycles. The number of alkyl halides is 1. The van der Waals surface area contributed by atoms with Crippen molar-refractivity contribution in [3.05, 3.63) is 36.3 Å². The molecular formula is C10H9F2N. The molecule has 3 heteroatoms.